The fraction of sp³-hybridized carbons (Fsp3) is 0.545. The van der Waals surface area contributed by atoms with Crippen LogP contribution >= 0.6 is 0 Å². The molecule has 7 heteroatoms. The molecule has 0 saturated carbocycles. The zero-order chi connectivity index (χ0) is 13.3. The minimum atomic E-state index is -2.54. The summed E-state index contributed by atoms with van der Waals surface area (Å²) < 4.78 is 25.8. The number of hydrogen-bond acceptors (Lipinski definition) is 3. The van der Waals surface area contributed by atoms with Gasteiger partial charge < -0.3 is 19.7 Å². The predicted octanol–water partition coefficient (Wildman–Crippen LogP) is -0.0692. The lowest BCUT2D eigenvalue weighted by molar-refractivity contribution is 0.0572. The molecule has 1 aromatic heterocycles. The Kier molecular flexibility index (Phi) is 3.63. The molecule has 0 bridgehead atoms. The lowest BCUT2D eigenvalue weighted by Crippen LogP contribution is -2.31. The molecule has 2 atom stereocenters. The van der Waals surface area contributed by atoms with Crippen LogP contribution in [0.15, 0.2) is 18.3 Å². The number of alkyl halides is 2. The third-order valence-electron chi connectivity index (χ3n) is 2.93. The Hall–Kier alpha value is -1.47. The van der Waals surface area contributed by atoms with Gasteiger partial charge in [-0.1, -0.05) is 0 Å². The Morgan fingerprint density at radius 3 is 2.56 bits per heavy atom. The van der Waals surface area contributed by atoms with Crippen molar-refractivity contribution in [1.29, 1.82) is 0 Å². The number of likely N-dealkylation sites (tertiary alicyclic amines) is 1. The molecule has 100 valence electrons. The molecule has 0 aliphatic carbocycles. The molecule has 5 nitrogen and oxygen atoms in total. The molecular formula is C11H14F2N2O3. The molecule has 1 saturated heterocycles. The second-order valence-electron chi connectivity index (χ2n) is 4.28. The van der Waals surface area contributed by atoms with Gasteiger partial charge in [0.15, 0.2) is 0 Å². The number of amides is 1. The number of aliphatic hydroxyl groups excluding tert-OH is 2. The summed E-state index contributed by atoms with van der Waals surface area (Å²) in [7, 11) is 0. The SMILES string of the molecule is O=C(c1cccn1CC(F)F)N1C[C@@H](O)[C@@H](O)C1. The van der Waals surface area contributed by atoms with Crippen molar-refractivity contribution >= 4 is 5.91 Å². The lowest BCUT2D eigenvalue weighted by Gasteiger charge is -2.16. The van der Waals surface area contributed by atoms with Gasteiger partial charge in [-0.25, -0.2) is 8.78 Å². The minimum Gasteiger partial charge on any atom is -0.388 e. The Morgan fingerprint density at radius 2 is 2.00 bits per heavy atom. The number of carbonyl (C=O) groups is 1. The van der Waals surface area contributed by atoms with E-state index in [9.17, 15) is 23.8 Å². The molecule has 0 aromatic carbocycles. The molecular weight excluding hydrogens is 246 g/mol. The molecule has 1 aliphatic rings. The Labute approximate surface area is 102 Å². The molecule has 0 unspecified atom stereocenters. The average molecular weight is 260 g/mol. The van der Waals surface area contributed by atoms with E-state index in [0.717, 1.165) is 0 Å². The van der Waals surface area contributed by atoms with Crippen molar-refractivity contribution in [3.63, 3.8) is 0 Å². The predicted molar refractivity (Wildman–Crippen MR) is 58.4 cm³/mol. The van der Waals surface area contributed by atoms with E-state index < -0.39 is 31.1 Å². The van der Waals surface area contributed by atoms with Crippen molar-refractivity contribution < 1.29 is 23.8 Å². The van der Waals surface area contributed by atoms with Gasteiger partial charge in [-0.2, -0.15) is 0 Å². The summed E-state index contributed by atoms with van der Waals surface area (Å²) in [5.41, 5.74) is 0.136. The minimum absolute atomic E-state index is 0.0137. The first-order chi connectivity index (χ1) is 8.49. The maximum absolute atomic E-state index is 12.3. The van der Waals surface area contributed by atoms with E-state index in [2.05, 4.69) is 0 Å². The smallest absolute Gasteiger partial charge is 0.270 e. The summed E-state index contributed by atoms with van der Waals surface area (Å²) in [5.74, 6) is -0.462. The van der Waals surface area contributed by atoms with Crippen LogP contribution in [0.5, 0.6) is 0 Å². The van der Waals surface area contributed by atoms with E-state index in [0.29, 0.717) is 0 Å². The van der Waals surface area contributed by atoms with Crippen molar-refractivity contribution in [3.05, 3.63) is 24.0 Å². The zero-order valence-corrected chi connectivity index (χ0v) is 9.54. The maximum atomic E-state index is 12.3. The molecule has 2 rings (SSSR count). The molecule has 1 aliphatic heterocycles. The largest absolute Gasteiger partial charge is 0.388 e. The number of aromatic nitrogens is 1. The first kappa shape index (κ1) is 13.0. The molecule has 0 radical (unpaired) electrons. The van der Waals surface area contributed by atoms with Crippen LogP contribution in [-0.4, -0.2) is 57.3 Å². The standard InChI is InChI=1S/C11H14F2N2O3/c12-10(13)6-14-3-1-2-7(14)11(18)15-4-8(16)9(17)5-15/h1-3,8-10,16-17H,4-6H2/t8-,9+. The van der Waals surface area contributed by atoms with Crippen LogP contribution in [0, 0.1) is 0 Å². The van der Waals surface area contributed by atoms with Gasteiger partial charge in [0.25, 0.3) is 12.3 Å². The highest BCUT2D eigenvalue weighted by Gasteiger charge is 2.33. The third kappa shape index (κ3) is 2.51. The van der Waals surface area contributed by atoms with Gasteiger partial charge in [-0.3, -0.25) is 4.79 Å². The molecule has 1 fully saturated rings. The normalized spacial score (nSPS) is 23.9. The van der Waals surface area contributed by atoms with Gasteiger partial charge in [0.2, 0.25) is 0 Å². The highest BCUT2D eigenvalue weighted by atomic mass is 19.3. The molecule has 1 amide bonds. The zero-order valence-electron chi connectivity index (χ0n) is 9.54. The van der Waals surface area contributed by atoms with Gasteiger partial charge in [0, 0.05) is 19.3 Å². The molecule has 2 N–H and O–H groups in total. The van der Waals surface area contributed by atoms with Crippen LogP contribution in [-0.2, 0) is 6.54 Å². The Balaban J connectivity index is 2.12. The summed E-state index contributed by atoms with van der Waals surface area (Å²) >= 11 is 0. The fourth-order valence-electron chi connectivity index (χ4n) is 2.01. The number of carbonyl (C=O) groups excluding carboxylic acids is 1. The quantitative estimate of drug-likeness (QED) is 0.799. The van der Waals surface area contributed by atoms with E-state index in [4.69, 9.17) is 0 Å². The fourth-order valence-corrected chi connectivity index (χ4v) is 2.01. The summed E-state index contributed by atoms with van der Waals surface area (Å²) in [6.07, 6.45) is -3.10. The van der Waals surface area contributed by atoms with Crippen molar-refractivity contribution in [2.45, 2.75) is 25.2 Å². The monoisotopic (exact) mass is 260 g/mol. The van der Waals surface area contributed by atoms with Crippen LogP contribution in [0.25, 0.3) is 0 Å². The van der Waals surface area contributed by atoms with Crippen LogP contribution in [0.4, 0.5) is 8.78 Å². The molecule has 0 spiro atoms. The number of aliphatic hydroxyl groups is 2. The van der Waals surface area contributed by atoms with Crippen molar-refractivity contribution in [1.82, 2.24) is 9.47 Å². The highest BCUT2D eigenvalue weighted by Crippen LogP contribution is 2.15. The van der Waals surface area contributed by atoms with Crippen LogP contribution in [0.3, 0.4) is 0 Å². The number of halogens is 2. The lowest BCUT2D eigenvalue weighted by atomic mass is 10.3. The first-order valence-electron chi connectivity index (χ1n) is 5.57. The van der Waals surface area contributed by atoms with Gasteiger partial charge in [-0.05, 0) is 12.1 Å². The third-order valence-corrected chi connectivity index (χ3v) is 2.93. The molecule has 18 heavy (non-hydrogen) atoms. The number of rotatable bonds is 3. The van der Waals surface area contributed by atoms with Gasteiger partial charge in [0.05, 0.1) is 18.8 Å². The first-order valence-corrected chi connectivity index (χ1v) is 5.57. The second-order valence-corrected chi connectivity index (χ2v) is 4.28. The highest BCUT2D eigenvalue weighted by molar-refractivity contribution is 5.93. The van der Waals surface area contributed by atoms with Crippen molar-refractivity contribution in [2.75, 3.05) is 13.1 Å². The summed E-state index contributed by atoms with van der Waals surface area (Å²) in [5, 5.41) is 18.7. The second kappa shape index (κ2) is 5.03. The van der Waals surface area contributed by atoms with Crippen molar-refractivity contribution in [2.24, 2.45) is 0 Å². The molecule has 1 aromatic rings. The van der Waals surface area contributed by atoms with E-state index in [-0.39, 0.29) is 18.8 Å². The maximum Gasteiger partial charge on any atom is 0.270 e. The van der Waals surface area contributed by atoms with Gasteiger partial charge in [-0.15, -0.1) is 0 Å². The van der Waals surface area contributed by atoms with E-state index in [1.54, 1.807) is 0 Å². The number of hydrogen-bond donors (Lipinski definition) is 2. The van der Waals surface area contributed by atoms with E-state index >= 15 is 0 Å². The Morgan fingerprint density at radius 1 is 1.39 bits per heavy atom. The molecule has 2 heterocycles. The van der Waals surface area contributed by atoms with Crippen LogP contribution < -0.4 is 0 Å². The number of nitrogens with zero attached hydrogens (tertiary/aromatic N) is 2. The Bertz CT molecular complexity index is 426. The summed E-state index contributed by atoms with van der Waals surface area (Å²) in [6.45, 7) is -0.521. The van der Waals surface area contributed by atoms with E-state index in [1.165, 1.54) is 27.8 Å². The van der Waals surface area contributed by atoms with E-state index in [1.807, 2.05) is 0 Å². The summed E-state index contributed by atoms with van der Waals surface area (Å²) in [4.78, 5) is 13.3. The topological polar surface area (TPSA) is 65.7 Å². The number of β-amino-alcohol motifs (C(OH)–C–C–N with tert-alkyl or cyclic N) is 2. The van der Waals surface area contributed by atoms with Crippen molar-refractivity contribution in [3.8, 4) is 0 Å². The van der Waals surface area contributed by atoms with Crippen LogP contribution in [0.1, 0.15) is 10.5 Å². The average Bonchev–Trinajstić information content (AvgIpc) is 2.85. The van der Waals surface area contributed by atoms with Gasteiger partial charge >= 0.3 is 0 Å². The summed E-state index contributed by atoms with van der Waals surface area (Å²) in [6, 6.07) is 2.96. The van der Waals surface area contributed by atoms with Gasteiger partial charge in [0.1, 0.15) is 5.69 Å². The van der Waals surface area contributed by atoms with Crippen LogP contribution in [0.2, 0.25) is 0 Å².